The molecule has 0 spiro atoms. The molecule has 0 saturated carbocycles. The van der Waals surface area contributed by atoms with Crippen LogP contribution in [-0.4, -0.2) is 18.9 Å². The van der Waals surface area contributed by atoms with Gasteiger partial charge in [-0.1, -0.05) is 37.3 Å². The number of benzene rings is 2. The first-order valence-electron chi connectivity index (χ1n) is 6.99. The number of hydrogen-bond donors (Lipinski definition) is 2. The van der Waals surface area contributed by atoms with Gasteiger partial charge in [0.05, 0.1) is 12.8 Å². The minimum absolute atomic E-state index is 0.453. The molecule has 0 unspecified atom stereocenters. The fourth-order valence-electron chi connectivity index (χ4n) is 2.06. The number of rotatable bonds is 4. The topological polar surface area (TPSA) is 67.4 Å². The van der Waals surface area contributed by atoms with Crippen molar-refractivity contribution in [2.45, 2.75) is 13.3 Å². The molecule has 0 radical (unpaired) electrons. The Labute approximate surface area is 129 Å². The second-order valence-electron chi connectivity index (χ2n) is 4.62. The first-order valence-corrected chi connectivity index (χ1v) is 6.99. The summed E-state index contributed by atoms with van der Waals surface area (Å²) in [4.78, 5) is 24.0. The molecule has 114 valence electrons. The number of anilines is 2. The van der Waals surface area contributed by atoms with E-state index in [0.29, 0.717) is 17.1 Å². The Balaban J connectivity index is 2.08. The van der Waals surface area contributed by atoms with Gasteiger partial charge in [-0.15, -0.1) is 0 Å². The van der Waals surface area contributed by atoms with Crippen molar-refractivity contribution in [3.63, 3.8) is 0 Å². The highest BCUT2D eigenvalue weighted by Crippen LogP contribution is 2.23. The fraction of sp³-hybridized carbons (Fsp3) is 0.176. The number of carbonyl (C=O) groups excluding carboxylic acids is 2. The van der Waals surface area contributed by atoms with Gasteiger partial charge in [-0.3, -0.25) is 9.59 Å². The van der Waals surface area contributed by atoms with Crippen molar-refractivity contribution in [2.24, 2.45) is 0 Å². The van der Waals surface area contributed by atoms with Crippen LogP contribution < -0.4 is 15.4 Å². The van der Waals surface area contributed by atoms with Gasteiger partial charge < -0.3 is 15.4 Å². The van der Waals surface area contributed by atoms with E-state index in [4.69, 9.17) is 4.74 Å². The molecule has 2 aromatic carbocycles. The van der Waals surface area contributed by atoms with E-state index in [0.717, 1.165) is 12.0 Å². The Kier molecular flexibility index (Phi) is 5.14. The molecule has 0 aromatic heterocycles. The molecule has 2 rings (SSSR count). The summed E-state index contributed by atoms with van der Waals surface area (Å²) in [5.41, 5.74) is 2.07. The SMILES string of the molecule is CCc1ccccc1NC(=O)C(=O)Nc1ccccc1OC. The molecule has 0 heterocycles. The molecule has 0 saturated heterocycles. The van der Waals surface area contributed by atoms with Crippen LogP contribution in [0.4, 0.5) is 11.4 Å². The molecular weight excluding hydrogens is 280 g/mol. The van der Waals surface area contributed by atoms with Crippen molar-refractivity contribution in [3.8, 4) is 5.75 Å². The van der Waals surface area contributed by atoms with E-state index in [9.17, 15) is 9.59 Å². The molecule has 0 fully saturated rings. The molecule has 0 aliphatic carbocycles. The van der Waals surface area contributed by atoms with E-state index in [-0.39, 0.29) is 0 Å². The molecule has 0 aliphatic heterocycles. The number of amides is 2. The average molecular weight is 298 g/mol. The van der Waals surface area contributed by atoms with E-state index < -0.39 is 11.8 Å². The zero-order valence-corrected chi connectivity index (χ0v) is 12.6. The minimum atomic E-state index is -0.740. The van der Waals surface area contributed by atoms with Crippen molar-refractivity contribution < 1.29 is 14.3 Å². The molecule has 5 heteroatoms. The van der Waals surface area contributed by atoms with E-state index in [1.54, 1.807) is 30.3 Å². The monoisotopic (exact) mass is 298 g/mol. The lowest BCUT2D eigenvalue weighted by Crippen LogP contribution is -2.29. The van der Waals surface area contributed by atoms with Crippen LogP contribution in [-0.2, 0) is 16.0 Å². The van der Waals surface area contributed by atoms with Crippen molar-refractivity contribution >= 4 is 23.2 Å². The van der Waals surface area contributed by atoms with E-state index in [1.165, 1.54) is 7.11 Å². The summed E-state index contributed by atoms with van der Waals surface area (Å²) in [6, 6.07) is 14.3. The minimum Gasteiger partial charge on any atom is -0.495 e. The third-order valence-corrected chi connectivity index (χ3v) is 3.21. The highest BCUT2D eigenvalue weighted by molar-refractivity contribution is 6.43. The molecule has 0 aliphatic rings. The summed E-state index contributed by atoms with van der Waals surface area (Å²) in [7, 11) is 1.50. The number of hydrogen-bond acceptors (Lipinski definition) is 3. The number of para-hydroxylation sites is 3. The maximum Gasteiger partial charge on any atom is 0.314 e. The second kappa shape index (κ2) is 7.26. The number of ether oxygens (including phenoxy) is 1. The zero-order chi connectivity index (χ0) is 15.9. The van der Waals surface area contributed by atoms with Gasteiger partial charge in [0.25, 0.3) is 0 Å². The van der Waals surface area contributed by atoms with Crippen LogP contribution in [0.1, 0.15) is 12.5 Å². The molecular formula is C17H18N2O3. The summed E-state index contributed by atoms with van der Waals surface area (Å²) < 4.78 is 5.13. The fourth-order valence-corrected chi connectivity index (χ4v) is 2.06. The van der Waals surface area contributed by atoms with Crippen LogP contribution in [0.2, 0.25) is 0 Å². The quantitative estimate of drug-likeness (QED) is 0.853. The third-order valence-electron chi connectivity index (χ3n) is 3.21. The average Bonchev–Trinajstić information content (AvgIpc) is 2.55. The Morgan fingerprint density at radius 1 is 0.909 bits per heavy atom. The Bertz CT molecular complexity index is 624. The van der Waals surface area contributed by atoms with Crippen molar-refractivity contribution in [2.75, 3.05) is 17.7 Å². The van der Waals surface area contributed by atoms with Gasteiger partial charge in [0.1, 0.15) is 5.75 Å². The highest BCUT2D eigenvalue weighted by Gasteiger charge is 2.16. The van der Waals surface area contributed by atoms with Crippen LogP contribution >= 0.6 is 0 Å². The van der Waals surface area contributed by atoms with Crippen LogP contribution in [0.15, 0.2) is 48.5 Å². The van der Waals surface area contributed by atoms with Gasteiger partial charge in [0, 0.05) is 5.69 Å². The Morgan fingerprint density at radius 2 is 1.45 bits per heavy atom. The maximum atomic E-state index is 12.0. The van der Waals surface area contributed by atoms with Crippen LogP contribution in [0.25, 0.3) is 0 Å². The summed E-state index contributed by atoms with van der Waals surface area (Å²) in [5, 5.41) is 5.17. The summed E-state index contributed by atoms with van der Waals surface area (Å²) >= 11 is 0. The zero-order valence-electron chi connectivity index (χ0n) is 12.6. The van der Waals surface area contributed by atoms with Crippen molar-refractivity contribution in [3.05, 3.63) is 54.1 Å². The molecule has 0 bridgehead atoms. The van der Waals surface area contributed by atoms with E-state index in [2.05, 4.69) is 10.6 Å². The number of nitrogens with one attached hydrogen (secondary N) is 2. The molecule has 5 nitrogen and oxygen atoms in total. The highest BCUT2D eigenvalue weighted by atomic mass is 16.5. The molecule has 2 N–H and O–H groups in total. The van der Waals surface area contributed by atoms with Gasteiger partial charge in [0.2, 0.25) is 0 Å². The van der Waals surface area contributed by atoms with Gasteiger partial charge in [-0.2, -0.15) is 0 Å². The smallest absolute Gasteiger partial charge is 0.314 e. The summed E-state index contributed by atoms with van der Waals surface area (Å²) in [6.07, 6.45) is 0.768. The van der Waals surface area contributed by atoms with Crippen LogP contribution in [0.3, 0.4) is 0 Å². The third kappa shape index (κ3) is 3.63. The molecule has 2 amide bonds. The largest absolute Gasteiger partial charge is 0.495 e. The first-order chi connectivity index (χ1) is 10.7. The van der Waals surface area contributed by atoms with E-state index >= 15 is 0 Å². The lowest BCUT2D eigenvalue weighted by molar-refractivity contribution is -0.133. The first kappa shape index (κ1) is 15.6. The predicted molar refractivity (Wildman–Crippen MR) is 86.1 cm³/mol. The van der Waals surface area contributed by atoms with Crippen molar-refractivity contribution in [1.82, 2.24) is 0 Å². The molecule has 0 atom stereocenters. The van der Waals surface area contributed by atoms with Crippen molar-refractivity contribution in [1.29, 1.82) is 0 Å². The standard InChI is InChI=1S/C17H18N2O3/c1-3-12-8-4-5-9-13(12)18-16(20)17(21)19-14-10-6-7-11-15(14)22-2/h4-11H,3H2,1-2H3,(H,18,20)(H,19,21). The van der Waals surface area contributed by atoms with E-state index in [1.807, 2.05) is 25.1 Å². The number of methoxy groups -OCH3 is 1. The lowest BCUT2D eigenvalue weighted by Gasteiger charge is -2.11. The predicted octanol–water partition coefficient (Wildman–Crippen LogP) is 2.83. The number of carbonyl (C=O) groups is 2. The molecule has 22 heavy (non-hydrogen) atoms. The normalized spacial score (nSPS) is 9.91. The maximum absolute atomic E-state index is 12.0. The Hall–Kier alpha value is -2.82. The lowest BCUT2D eigenvalue weighted by atomic mass is 10.1. The van der Waals surface area contributed by atoms with Gasteiger partial charge >= 0.3 is 11.8 Å². The summed E-state index contributed by atoms with van der Waals surface area (Å²) in [6.45, 7) is 1.99. The van der Waals surface area contributed by atoms with Gasteiger partial charge in [0.15, 0.2) is 0 Å². The second-order valence-corrected chi connectivity index (χ2v) is 4.62. The van der Waals surface area contributed by atoms with Crippen LogP contribution in [0.5, 0.6) is 5.75 Å². The Morgan fingerprint density at radius 3 is 2.09 bits per heavy atom. The summed E-state index contributed by atoms with van der Waals surface area (Å²) in [5.74, 6) is -0.958. The van der Waals surface area contributed by atoms with Gasteiger partial charge in [-0.05, 0) is 30.2 Å². The molecule has 2 aromatic rings. The van der Waals surface area contributed by atoms with Gasteiger partial charge in [-0.25, -0.2) is 0 Å². The number of aryl methyl sites for hydroxylation is 1. The van der Waals surface area contributed by atoms with Crippen LogP contribution in [0, 0.1) is 0 Å².